The van der Waals surface area contributed by atoms with Crippen LogP contribution in [0.5, 0.6) is 0 Å². The normalized spacial score (nSPS) is 5.60. The van der Waals surface area contributed by atoms with E-state index in [9.17, 15) is 0 Å². The van der Waals surface area contributed by atoms with E-state index in [0.717, 1.165) is 4.49 Å². The molecule has 0 aromatic carbocycles. The van der Waals surface area contributed by atoms with Gasteiger partial charge in [0, 0.05) is 41.3 Å². The summed E-state index contributed by atoms with van der Waals surface area (Å²) in [5.74, 6) is 0. The van der Waals surface area contributed by atoms with Gasteiger partial charge in [0.2, 0.25) is 0 Å². The summed E-state index contributed by atoms with van der Waals surface area (Å²) in [5.41, 5.74) is 0. The molecule has 0 nitrogen and oxygen atoms in total. The minimum atomic E-state index is 0. The Morgan fingerprint density at radius 1 is 1.40 bits per heavy atom. The molecule has 0 aliphatic carbocycles. The van der Waals surface area contributed by atoms with Crippen LogP contribution in [0.1, 0.15) is 13.8 Å². The van der Waals surface area contributed by atoms with Crippen molar-refractivity contribution in [3.8, 4) is 0 Å². The van der Waals surface area contributed by atoms with Gasteiger partial charge in [-0.2, -0.15) is 0 Å². The molecular formula is C3H6NiPr. The summed E-state index contributed by atoms with van der Waals surface area (Å²) in [6, 6.07) is 0. The molecule has 0 heterocycles. The van der Waals surface area contributed by atoms with Gasteiger partial charge in [-0.3, -0.25) is 0 Å². The molecule has 2 heteroatoms. The summed E-state index contributed by atoms with van der Waals surface area (Å²) in [6.07, 6.45) is 0. The van der Waals surface area contributed by atoms with Crippen LogP contribution in [-0.4, -0.2) is 4.49 Å². The average Bonchev–Trinajstić information content (AvgIpc) is 0.811. The largest absolute Gasteiger partial charge is 0 e. The molecule has 0 rings (SSSR count). The monoisotopic (exact) mass is 241 g/mol. The van der Waals surface area contributed by atoms with Crippen LogP contribution in [-0.2, 0) is 15.0 Å². The number of rotatable bonds is 0. The average molecular weight is 242 g/mol. The summed E-state index contributed by atoms with van der Waals surface area (Å²) < 4.78 is 1.04. The van der Waals surface area contributed by atoms with Gasteiger partial charge >= 0.3 is 33.4 Å². The quantitative estimate of drug-likeness (QED) is 0.549. The first-order valence-corrected chi connectivity index (χ1v) is 1.65. The third kappa shape index (κ3) is 26.7. The van der Waals surface area contributed by atoms with Crippen LogP contribution in [0.2, 0.25) is 0 Å². The van der Waals surface area contributed by atoms with Gasteiger partial charge in [0.15, 0.2) is 0 Å². The molecule has 0 bridgehead atoms. The predicted octanol–water partition coefficient (Wildman–Crippen LogP) is 0.745. The third-order valence-corrected chi connectivity index (χ3v) is 0. The van der Waals surface area contributed by atoms with Crippen molar-refractivity contribution < 1.29 is 56.3 Å². The molecule has 0 unspecified atom stereocenters. The molecule has 0 N–H and O–H groups in total. The van der Waals surface area contributed by atoms with Gasteiger partial charge in [0.25, 0.3) is 0 Å². The van der Waals surface area contributed by atoms with Crippen molar-refractivity contribution in [1.82, 2.24) is 0 Å². The maximum atomic E-state index is 4.29. The first kappa shape index (κ1) is 9.87. The zero-order valence-corrected chi connectivity index (χ0v) is 8.09. The molecule has 0 aliphatic heterocycles. The molecule has 5 heavy (non-hydrogen) atoms. The number of hydrogen-bond donors (Lipinski definition) is 0. The van der Waals surface area contributed by atoms with Crippen molar-refractivity contribution >= 4 is 4.49 Å². The second-order valence-corrected chi connectivity index (χ2v) is 1.80. The topological polar surface area (TPSA) is 0 Å². The van der Waals surface area contributed by atoms with E-state index >= 15 is 0 Å². The standard InChI is InChI=1S/C3H6.Ni.Pr/c1-3-2;;/h1-2H3;;. The van der Waals surface area contributed by atoms with Crippen LogP contribution in [0.4, 0.5) is 0 Å². The van der Waals surface area contributed by atoms with Crippen LogP contribution >= 0.6 is 0 Å². The minimum absolute atomic E-state index is 0. The molecule has 0 aromatic rings. The van der Waals surface area contributed by atoms with Crippen molar-refractivity contribution in [2.75, 3.05) is 0 Å². The first-order valence-electron chi connectivity index (χ1n) is 1.16. The fourth-order valence-corrected chi connectivity index (χ4v) is 0. The van der Waals surface area contributed by atoms with E-state index in [2.05, 4.69) is 15.0 Å². The molecule has 0 fully saturated rings. The number of hydrogen-bond acceptors (Lipinski definition) is 0. The van der Waals surface area contributed by atoms with Gasteiger partial charge in [-0.05, 0) is 0 Å². The van der Waals surface area contributed by atoms with E-state index in [1.807, 2.05) is 13.8 Å². The molecule has 1 radical (unpaired) electrons. The van der Waals surface area contributed by atoms with Gasteiger partial charge in [0.1, 0.15) is 0 Å². The zero-order valence-electron chi connectivity index (χ0n) is 3.39. The molecule has 0 saturated heterocycles. The van der Waals surface area contributed by atoms with Gasteiger partial charge in [-0.15, -0.1) is 0 Å². The second-order valence-electron chi connectivity index (χ2n) is 0.816. The molecule has 0 amide bonds. The fourth-order valence-electron chi connectivity index (χ4n) is 0. The van der Waals surface area contributed by atoms with E-state index < -0.39 is 0 Å². The van der Waals surface area contributed by atoms with E-state index in [4.69, 9.17) is 0 Å². The van der Waals surface area contributed by atoms with Crippen LogP contribution < -0.4 is 0 Å². The van der Waals surface area contributed by atoms with E-state index in [-0.39, 0.29) is 41.3 Å². The van der Waals surface area contributed by atoms with E-state index in [0.29, 0.717) is 0 Å². The van der Waals surface area contributed by atoms with Crippen molar-refractivity contribution in [3.05, 3.63) is 0 Å². The van der Waals surface area contributed by atoms with Gasteiger partial charge in [-0.1, -0.05) is 0 Å². The Hall–Kier alpha value is 1.73. The van der Waals surface area contributed by atoms with Gasteiger partial charge < -0.3 is 0 Å². The summed E-state index contributed by atoms with van der Waals surface area (Å²) in [4.78, 5) is 0. The fraction of sp³-hybridized carbons (Fsp3) is 0.667. The molecule has 0 aromatic heterocycles. The van der Waals surface area contributed by atoms with Crippen molar-refractivity contribution in [2.45, 2.75) is 13.8 Å². The van der Waals surface area contributed by atoms with Crippen LogP contribution in [0.15, 0.2) is 0 Å². The predicted molar refractivity (Wildman–Crippen MR) is 16.4 cm³/mol. The van der Waals surface area contributed by atoms with Crippen LogP contribution in [0.25, 0.3) is 0 Å². The van der Waals surface area contributed by atoms with Crippen molar-refractivity contribution in [2.24, 2.45) is 0 Å². The van der Waals surface area contributed by atoms with E-state index in [1.165, 1.54) is 0 Å². The summed E-state index contributed by atoms with van der Waals surface area (Å²) >= 11 is 4.29. The second kappa shape index (κ2) is 5.73. The summed E-state index contributed by atoms with van der Waals surface area (Å²) in [7, 11) is 0. The molecule has 0 spiro atoms. The molecule has 31 valence electrons. The molecule has 0 atom stereocenters. The third-order valence-electron chi connectivity index (χ3n) is 0. The Morgan fingerprint density at radius 3 is 1.40 bits per heavy atom. The molecule has 0 aliphatic rings. The van der Waals surface area contributed by atoms with E-state index in [1.54, 1.807) is 0 Å². The summed E-state index contributed by atoms with van der Waals surface area (Å²) in [5, 5.41) is 0. The Balaban J connectivity index is 0. The Bertz CT molecular complexity index is 29.9. The SMILES string of the molecule is C[C](C)=[Ni].[Pr]. The Labute approximate surface area is 73.6 Å². The zero-order chi connectivity index (χ0) is 3.58. The van der Waals surface area contributed by atoms with Gasteiger partial charge in [-0.25, -0.2) is 0 Å². The maximum Gasteiger partial charge on any atom is 0 e. The summed E-state index contributed by atoms with van der Waals surface area (Å²) in [6.45, 7) is 3.83. The molecular weight excluding hydrogens is 236 g/mol. The Kier molecular flexibility index (Phi) is 11.3. The van der Waals surface area contributed by atoms with Crippen LogP contribution in [0.3, 0.4) is 0 Å². The van der Waals surface area contributed by atoms with Crippen molar-refractivity contribution in [1.29, 1.82) is 0 Å². The first-order chi connectivity index (χ1) is 1.73. The van der Waals surface area contributed by atoms with Crippen LogP contribution in [0, 0.1) is 41.3 Å². The van der Waals surface area contributed by atoms with Gasteiger partial charge in [0.05, 0.1) is 0 Å². The minimum Gasteiger partial charge on any atom is 0 e. The Morgan fingerprint density at radius 2 is 1.40 bits per heavy atom. The van der Waals surface area contributed by atoms with Crippen molar-refractivity contribution in [3.63, 3.8) is 0 Å². The molecule has 0 saturated carbocycles. The maximum absolute atomic E-state index is 4.29. The smallest absolute Gasteiger partial charge is 0 e.